The van der Waals surface area contributed by atoms with Gasteiger partial charge in [-0.25, -0.2) is 0 Å². The van der Waals surface area contributed by atoms with Crippen LogP contribution in [0.3, 0.4) is 0 Å². The first-order valence-electron chi connectivity index (χ1n) is 6.88. The maximum atomic E-state index is 3.70. The Kier molecular flexibility index (Phi) is 2.87. The van der Waals surface area contributed by atoms with Crippen LogP contribution in [0.2, 0.25) is 0 Å². The highest BCUT2D eigenvalue weighted by Crippen LogP contribution is 2.39. The second-order valence-electron chi connectivity index (χ2n) is 6.03. The van der Waals surface area contributed by atoms with Crippen molar-refractivity contribution in [1.82, 2.24) is 5.32 Å². The van der Waals surface area contributed by atoms with Crippen molar-refractivity contribution in [2.24, 2.45) is 5.92 Å². The van der Waals surface area contributed by atoms with Crippen LogP contribution in [-0.2, 0) is 6.54 Å². The summed E-state index contributed by atoms with van der Waals surface area (Å²) in [5, 5.41) is 6.36. The Balaban J connectivity index is 1.74. The molecule has 0 atom stereocenters. The van der Waals surface area contributed by atoms with Crippen molar-refractivity contribution in [3.8, 4) is 0 Å². The number of rotatable bonds is 4. The van der Waals surface area contributed by atoms with E-state index in [1.165, 1.54) is 29.2 Å². The highest BCUT2D eigenvalue weighted by atomic mass is 15.0. The van der Waals surface area contributed by atoms with Crippen molar-refractivity contribution >= 4 is 10.8 Å². The lowest BCUT2D eigenvalue weighted by molar-refractivity contribution is 0.339. The molecule has 0 heterocycles. The van der Waals surface area contributed by atoms with Crippen LogP contribution in [0.25, 0.3) is 10.8 Å². The van der Waals surface area contributed by atoms with Gasteiger partial charge in [0.15, 0.2) is 0 Å². The van der Waals surface area contributed by atoms with Crippen LogP contribution in [0, 0.1) is 5.92 Å². The molecule has 0 aromatic heterocycles. The van der Waals surface area contributed by atoms with Crippen LogP contribution >= 0.6 is 0 Å². The summed E-state index contributed by atoms with van der Waals surface area (Å²) in [4.78, 5) is 0. The monoisotopic (exact) mass is 239 g/mol. The summed E-state index contributed by atoms with van der Waals surface area (Å²) in [5.74, 6) is 0.873. The molecule has 0 bridgehead atoms. The smallest absolute Gasteiger partial charge is 0.0210 e. The Morgan fingerprint density at radius 3 is 2.50 bits per heavy atom. The molecule has 2 aromatic rings. The topological polar surface area (TPSA) is 12.0 Å². The fourth-order valence-corrected chi connectivity index (χ4v) is 2.63. The third kappa shape index (κ3) is 2.41. The van der Waals surface area contributed by atoms with E-state index in [1.54, 1.807) is 0 Å². The Hall–Kier alpha value is -1.34. The Labute approximate surface area is 109 Å². The standard InChI is InChI=1S/C17H21N/c1-17(2,16-9-10-16)18-12-13-7-8-14-5-3-4-6-15(14)11-13/h3-8,11,16,18H,9-10,12H2,1-2H3. The van der Waals surface area contributed by atoms with E-state index in [0.29, 0.717) is 0 Å². The van der Waals surface area contributed by atoms with Crippen LogP contribution < -0.4 is 5.32 Å². The van der Waals surface area contributed by atoms with E-state index in [1.807, 2.05) is 0 Å². The number of benzene rings is 2. The minimum atomic E-state index is 0.283. The van der Waals surface area contributed by atoms with E-state index in [-0.39, 0.29) is 5.54 Å². The molecule has 94 valence electrons. The molecular formula is C17H21N. The molecule has 0 radical (unpaired) electrons. The molecule has 1 aliphatic rings. The number of fused-ring (bicyclic) bond motifs is 1. The lowest BCUT2D eigenvalue weighted by Crippen LogP contribution is -2.40. The van der Waals surface area contributed by atoms with Crippen LogP contribution in [-0.4, -0.2) is 5.54 Å². The molecule has 1 nitrogen and oxygen atoms in total. The van der Waals surface area contributed by atoms with Gasteiger partial charge in [0, 0.05) is 12.1 Å². The fourth-order valence-electron chi connectivity index (χ4n) is 2.63. The zero-order valence-electron chi connectivity index (χ0n) is 11.2. The molecule has 1 heteroatoms. The molecule has 2 aromatic carbocycles. The minimum Gasteiger partial charge on any atom is -0.307 e. The summed E-state index contributed by atoms with van der Waals surface area (Å²) in [5.41, 5.74) is 1.66. The summed E-state index contributed by atoms with van der Waals surface area (Å²) in [6.07, 6.45) is 2.77. The van der Waals surface area contributed by atoms with Gasteiger partial charge >= 0.3 is 0 Å². The molecule has 0 saturated heterocycles. The molecule has 1 N–H and O–H groups in total. The van der Waals surface area contributed by atoms with Crippen LogP contribution in [0.1, 0.15) is 32.3 Å². The molecule has 1 aliphatic carbocycles. The molecule has 0 spiro atoms. The van der Waals surface area contributed by atoms with Gasteiger partial charge in [0.05, 0.1) is 0 Å². The van der Waals surface area contributed by atoms with Crippen molar-refractivity contribution < 1.29 is 0 Å². The molecular weight excluding hydrogens is 218 g/mol. The van der Waals surface area contributed by atoms with Crippen molar-refractivity contribution in [1.29, 1.82) is 0 Å². The van der Waals surface area contributed by atoms with E-state index in [4.69, 9.17) is 0 Å². The summed E-state index contributed by atoms with van der Waals surface area (Å²) in [6, 6.07) is 15.3. The lowest BCUT2D eigenvalue weighted by atomic mass is 9.98. The fraction of sp³-hybridized carbons (Fsp3) is 0.412. The zero-order chi connectivity index (χ0) is 12.6. The highest BCUT2D eigenvalue weighted by molar-refractivity contribution is 5.82. The van der Waals surface area contributed by atoms with Gasteiger partial charge in [0.25, 0.3) is 0 Å². The Bertz CT molecular complexity index is 552. The predicted octanol–water partition coefficient (Wildman–Crippen LogP) is 4.12. The summed E-state index contributed by atoms with van der Waals surface area (Å²) >= 11 is 0. The predicted molar refractivity (Wildman–Crippen MR) is 77.6 cm³/mol. The van der Waals surface area contributed by atoms with Gasteiger partial charge < -0.3 is 5.32 Å². The van der Waals surface area contributed by atoms with Gasteiger partial charge in [0.2, 0.25) is 0 Å². The Morgan fingerprint density at radius 2 is 1.78 bits per heavy atom. The van der Waals surface area contributed by atoms with Gasteiger partial charge in [-0.2, -0.15) is 0 Å². The second kappa shape index (κ2) is 4.40. The van der Waals surface area contributed by atoms with Crippen LogP contribution in [0.15, 0.2) is 42.5 Å². The maximum absolute atomic E-state index is 3.70. The summed E-state index contributed by atoms with van der Waals surface area (Å²) in [6.45, 7) is 5.62. The normalized spacial score (nSPS) is 16.1. The molecule has 0 aliphatic heterocycles. The molecule has 3 rings (SSSR count). The van der Waals surface area contributed by atoms with Crippen molar-refractivity contribution in [2.45, 2.75) is 38.8 Å². The molecule has 18 heavy (non-hydrogen) atoms. The van der Waals surface area contributed by atoms with E-state index in [2.05, 4.69) is 61.6 Å². The zero-order valence-corrected chi connectivity index (χ0v) is 11.2. The summed E-state index contributed by atoms with van der Waals surface area (Å²) in [7, 11) is 0. The van der Waals surface area contributed by atoms with Gasteiger partial charge in [-0.15, -0.1) is 0 Å². The average Bonchev–Trinajstić information content (AvgIpc) is 3.21. The third-order valence-electron chi connectivity index (χ3n) is 4.16. The van der Waals surface area contributed by atoms with E-state index in [9.17, 15) is 0 Å². The van der Waals surface area contributed by atoms with E-state index < -0.39 is 0 Å². The van der Waals surface area contributed by atoms with Gasteiger partial charge in [0.1, 0.15) is 0 Å². The SMILES string of the molecule is CC(C)(NCc1ccc2ccccc2c1)C1CC1. The number of nitrogens with one attached hydrogen (secondary N) is 1. The average molecular weight is 239 g/mol. The first kappa shape index (κ1) is 11.7. The third-order valence-corrected chi connectivity index (χ3v) is 4.16. The first-order chi connectivity index (χ1) is 8.65. The number of hydrogen-bond donors (Lipinski definition) is 1. The quantitative estimate of drug-likeness (QED) is 0.846. The Morgan fingerprint density at radius 1 is 1.06 bits per heavy atom. The van der Waals surface area contributed by atoms with Gasteiger partial charge in [-0.3, -0.25) is 0 Å². The van der Waals surface area contributed by atoms with Gasteiger partial charge in [-0.1, -0.05) is 36.4 Å². The molecule has 0 unspecified atom stereocenters. The maximum Gasteiger partial charge on any atom is 0.0210 e. The first-order valence-corrected chi connectivity index (χ1v) is 6.88. The van der Waals surface area contributed by atoms with Crippen LogP contribution in [0.4, 0.5) is 0 Å². The van der Waals surface area contributed by atoms with Gasteiger partial charge in [-0.05, 0) is 55.0 Å². The van der Waals surface area contributed by atoms with Crippen molar-refractivity contribution in [3.05, 3.63) is 48.0 Å². The molecule has 1 fully saturated rings. The van der Waals surface area contributed by atoms with Crippen molar-refractivity contribution in [3.63, 3.8) is 0 Å². The van der Waals surface area contributed by atoms with Crippen molar-refractivity contribution in [2.75, 3.05) is 0 Å². The second-order valence-corrected chi connectivity index (χ2v) is 6.03. The summed E-state index contributed by atoms with van der Waals surface area (Å²) < 4.78 is 0. The lowest BCUT2D eigenvalue weighted by Gasteiger charge is -2.26. The van der Waals surface area contributed by atoms with E-state index in [0.717, 1.165) is 12.5 Å². The molecule has 0 amide bonds. The highest BCUT2D eigenvalue weighted by Gasteiger charge is 2.36. The van der Waals surface area contributed by atoms with E-state index >= 15 is 0 Å². The minimum absolute atomic E-state index is 0.283. The largest absolute Gasteiger partial charge is 0.307 e. The number of hydrogen-bond acceptors (Lipinski definition) is 1. The van der Waals surface area contributed by atoms with Crippen LogP contribution in [0.5, 0.6) is 0 Å². The molecule has 1 saturated carbocycles.